The molecule has 3 nitrogen and oxygen atoms in total. The number of halogens is 1. The molecule has 3 rings (SSSR count). The number of anilines is 1. The molecular weight excluding hydrogens is 257 g/mol. The Morgan fingerprint density at radius 3 is 3.18 bits per heavy atom. The van der Waals surface area contributed by atoms with Crippen LogP contribution in [0.4, 0.5) is 9.52 Å². The molecule has 17 heavy (non-hydrogen) atoms. The number of nitrogens with zero attached hydrogens (tertiary/aromatic N) is 2. The molecule has 2 heterocycles. The number of benzene rings is 1. The van der Waals surface area contributed by atoms with Crippen LogP contribution in [-0.2, 0) is 0 Å². The fourth-order valence-corrected chi connectivity index (χ4v) is 3.56. The van der Waals surface area contributed by atoms with Gasteiger partial charge in [0.05, 0.1) is 6.04 Å². The smallest absolute Gasteiger partial charge is 0.205 e. The highest BCUT2D eigenvalue weighted by molar-refractivity contribution is 7.99. The van der Waals surface area contributed by atoms with Gasteiger partial charge < -0.3 is 5.32 Å². The minimum Gasteiger partial charge on any atom is -0.353 e. The summed E-state index contributed by atoms with van der Waals surface area (Å²) < 4.78 is 13.6. The fourth-order valence-electron chi connectivity index (χ4n) is 1.92. The minimum absolute atomic E-state index is 0.128. The highest BCUT2D eigenvalue weighted by Gasteiger charge is 2.23. The predicted molar refractivity (Wildman–Crippen MR) is 68.0 cm³/mol. The molecule has 1 aromatic carbocycles. The van der Waals surface area contributed by atoms with Crippen LogP contribution < -0.4 is 5.32 Å². The fraction of sp³-hybridized carbons (Fsp3) is 0.273. The molecule has 1 aliphatic rings. The molecule has 0 radical (unpaired) electrons. The molecule has 88 valence electrons. The zero-order chi connectivity index (χ0) is 11.7. The van der Waals surface area contributed by atoms with Crippen molar-refractivity contribution in [1.29, 1.82) is 0 Å². The Hall–Kier alpha value is -1.14. The maximum Gasteiger partial charge on any atom is 0.205 e. The first-order valence-electron chi connectivity index (χ1n) is 5.28. The molecule has 6 heteroatoms. The van der Waals surface area contributed by atoms with E-state index >= 15 is 0 Å². The summed E-state index contributed by atoms with van der Waals surface area (Å²) in [5, 5.41) is 11.8. The second-order valence-corrected chi connectivity index (χ2v) is 5.67. The van der Waals surface area contributed by atoms with Crippen molar-refractivity contribution < 1.29 is 4.39 Å². The van der Waals surface area contributed by atoms with Gasteiger partial charge in [0.15, 0.2) is 0 Å². The lowest BCUT2D eigenvalue weighted by Crippen LogP contribution is -2.16. The van der Waals surface area contributed by atoms with Crippen LogP contribution >= 0.6 is 23.1 Å². The van der Waals surface area contributed by atoms with E-state index in [0.717, 1.165) is 27.8 Å². The van der Waals surface area contributed by atoms with Crippen molar-refractivity contribution >= 4 is 28.2 Å². The monoisotopic (exact) mass is 267 g/mol. The van der Waals surface area contributed by atoms with Crippen molar-refractivity contribution in [3.8, 4) is 0 Å². The molecule has 0 bridgehead atoms. The normalized spacial score (nSPS) is 18.8. The number of rotatable bonds is 2. The van der Waals surface area contributed by atoms with Crippen molar-refractivity contribution in [3.05, 3.63) is 35.1 Å². The summed E-state index contributed by atoms with van der Waals surface area (Å²) in [5.41, 5.74) is 2.71. The second kappa shape index (κ2) is 4.62. The highest BCUT2D eigenvalue weighted by atomic mass is 32.2. The van der Waals surface area contributed by atoms with Gasteiger partial charge in [0.2, 0.25) is 5.13 Å². The third kappa shape index (κ3) is 2.14. The van der Waals surface area contributed by atoms with Gasteiger partial charge in [-0.2, -0.15) is 0 Å². The van der Waals surface area contributed by atoms with Crippen molar-refractivity contribution in [3.63, 3.8) is 0 Å². The van der Waals surface area contributed by atoms with E-state index in [2.05, 4.69) is 15.5 Å². The van der Waals surface area contributed by atoms with E-state index in [4.69, 9.17) is 0 Å². The Morgan fingerprint density at radius 2 is 2.35 bits per heavy atom. The first kappa shape index (κ1) is 11.0. The van der Waals surface area contributed by atoms with E-state index in [9.17, 15) is 4.39 Å². The Balaban J connectivity index is 1.92. The molecule has 0 spiro atoms. The quantitative estimate of drug-likeness (QED) is 0.905. The molecule has 0 fully saturated rings. The third-order valence-electron chi connectivity index (χ3n) is 2.68. The van der Waals surface area contributed by atoms with Gasteiger partial charge in [-0.05, 0) is 18.1 Å². The van der Waals surface area contributed by atoms with E-state index in [-0.39, 0.29) is 11.9 Å². The van der Waals surface area contributed by atoms with Crippen molar-refractivity contribution in [2.24, 2.45) is 0 Å². The number of fused-ring (bicyclic) bond motifs is 1. The zero-order valence-corrected chi connectivity index (χ0v) is 10.5. The summed E-state index contributed by atoms with van der Waals surface area (Å²) in [5.74, 6) is 0.793. The van der Waals surface area contributed by atoms with Gasteiger partial charge in [0.25, 0.3) is 0 Å². The Kier molecular flexibility index (Phi) is 2.98. The molecule has 1 N–H and O–H groups in total. The number of hydrogen-bond acceptors (Lipinski definition) is 5. The van der Waals surface area contributed by atoms with Crippen molar-refractivity contribution in [1.82, 2.24) is 10.2 Å². The summed E-state index contributed by atoms with van der Waals surface area (Å²) in [6, 6.07) is 5.38. The Morgan fingerprint density at radius 1 is 1.41 bits per heavy atom. The van der Waals surface area contributed by atoms with Gasteiger partial charge in [-0.25, -0.2) is 4.39 Å². The lowest BCUT2D eigenvalue weighted by atomic mass is 10.0. The first-order chi connectivity index (χ1) is 8.34. The predicted octanol–water partition coefficient (Wildman–Crippen LogP) is 3.33. The van der Waals surface area contributed by atoms with Gasteiger partial charge in [0.1, 0.15) is 11.3 Å². The SMILES string of the molecule is Fc1cccc2c1SCCC2Nc1nncs1. The van der Waals surface area contributed by atoms with E-state index in [0.29, 0.717) is 0 Å². The lowest BCUT2D eigenvalue weighted by molar-refractivity contribution is 0.585. The van der Waals surface area contributed by atoms with Crippen LogP contribution in [-0.4, -0.2) is 16.0 Å². The van der Waals surface area contributed by atoms with Gasteiger partial charge in [-0.3, -0.25) is 0 Å². The number of aromatic nitrogens is 2. The van der Waals surface area contributed by atoms with E-state index in [1.54, 1.807) is 23.3 Å². The standard InChI is InChI=1S/C11H10FN3S2/c12-8-3-1-2-7-9(4-5-16-10(7)8)14-11-15-13-6-17-11/h1-3,6,9H,4-5H2,(H,14,15). The molecule has 0 saturated heterocycles. The highest BCUT2D eigenvalue weighted by Crippen LogP contribution is 2.39. The molecule has 2 aromatic rings. The molecular formula is C11H10FN3S2. The molecule has 0 aliphatic carbocycles. The van der Waals surface area contributed by atoms with Crippen LogP contribution in [0.25, 0.3) is 0 Å². The second-order valence-electron chi connectivity index (χ2n) is 3.74. The third-order valence-corrected chi connectivity index (χ3v) is 4.47. The van der Waals surface area contributed by atoms with Gasteiger partial charge >= 0.3 is 0 Å². The van der Waals surface area contributed by atoms with Crippen LogP contribution in [0, 0.1) is 5.82 Å². The maximum absolute atomic E-state index is 13.6. The molecule has 1 aromatic heterocycles. The van der Waals surface area contributed by atoms with E-state index < -0.39 is 0 Å². The summed E-state index contributed by atoms with van der Waals surface area (Å²) in [6.07, 6.45) is 0.973. The van der Waals surface area contributed by atoms with Crippen molar-refractivity contribution in [2.45, 2.75) is 17.4 Å². The number of hydrogen-bond donors (Lipinski definition) is 1. The largest absolute Gasteiger partial charge is 0.353 e. The average Bonchev–Trinajstić information content (AvgIpc) is 2.83. The van der Waals surface area contributed by atoms with E-state index in [1.807, 2.05) is 6.07 Å². The summed E-state index contributed by atoms with van der Waals surface area (Å²) in [7, 11) is 0. The van der Waals surface area contributed by atoms with Gasteiger partial charge in [-0.1, -0.05) is 23.5 Å². The molecule has 1 aliphatic heterocycles. The summed E-state index contributed by atoms with van der Waals surface area (Å²) >= 11 is 3.05. The topological polar surface area (TPSA) is 37.8 Å². The van der Waals surface area contributed by atoms with Crippen LogP contribution in [0.1, 0.15) is 18.0 Å². The minimum atomic E-state index is -0.128. The lowest BCUT2D eigenvalue weighted by Gasteiger charge is -2.25. The first-order valence-corrected chi connectivity index (χ1v) is 7.15. The molecule has 0 amide bonds. The van der Waals surface area contributed by atoms with Gasteiger partial charge in [0, 0.05) is 10.6 Å². The molecule has 0 saturated carbocycles. The van der Waals surface area contributed by atoms with Crippen LogP contribution in [0.3, 0.4) is 0 Å². The van der Waals surface area contributed by atoms with Crippen LogP contribution in [0.5, 0.6) is 0 Å². The average molecular weight is 267 g/mol. The van der Waals surface area contributed by atoms with Gasteiger partial charge in [-0.15, -0.1) is 22.0 Å². The summed E-state index contributed by atoms with van der Waals surface area (Å²) in [4.78, 5) is 0.765. The maximum atomic E-state index is 13.6. The summed E-state index contributed by atoms with van der Waals surface area (Å²) in [6.45, 7) is 0. The number of thioether (sulfide) groups is 1. The Bertz CT molecular complexity index is 515. The molecule has 1 atom stereocenters. The van der Waals surface area contributed by atoms with Crippen LogP contribution in [0.15, 0.2) is 28.6 Å². The van der Waals surface area contributed by atoms with Crippen LogP contribution in [0.2, 0.25) is 0 Å². The number of nitrogens with one attached hydrogen (secondary N) is 1. The molecule has 1 unspecified atom stereocenters. The Labute approximate surface area is 106 Å². The van der Waals surface area contributed by atoms with E-state index in [1.165, 1.54) is 17.4 Å². The zero-order valence-electron chi connectivity index (χ0n) is 8.89. The van der Waals surface area contributed by atoms with Crippen molar-refractivity contribution in [2.75, 3.05) is 11.1 Å².